The largest absolute Gasteiger partial charge is 0.632 e. The summed E-state index contributed by atoms with van der Waals surface area (Å²) >= 11 is 0. The van der Waals surface area contributed by atoms with Crippen molar-refractivity contribution in [3.05, 3.63) is 54.1 Å². The summed E-state index contributed by atoms with van der Waals surface area (Å²) in [5.74, 6) is 0.00683. The summed E-state index contributed by atoms with van der Waals surface area (Å²) in [4.78, 5) is 15.3. The Morgan fingerprint density at radius 2 is 1.74 bits per heavy atom. The monoisotopic (exact) mass is 419 g/mol. The van der Waals surface area contributed by atoms with Gasteiger partial charge in [-0.3, -0.25) is 4.79 Å². The average molecular weight is 420 g/mol. The van der Waals surface area contributed by atoms with Gasteiger partial charge in [-0.1, -0.05) is 45.9 Å². The first-order chi connectivity index (χ1) is 15.1. The summed E-state index contributed by atoms with van der Waals surface area (Å²) in [5.41, 5.74) is 2.77. The van der Waals surface area contributed by atoms with Gasteiger partial charge in [0.1, 0.15) is 0 Å². The van der Waals surface area contributed by atoms with E-state index in [1.807, 2.05) is 47.4 Å². The van der Waals surface area contributed by atoms with Crippen molar-refractivity contribution in [3.8, 4) is 11.9 Å². The number of hydrogen-bond acceptors (Lipinski definition) is 3. The van der Waals surface area contributed by atoms with E-state index in [1.54, 1.807) is 9.13 Å². The molecule has 0 radical (unpaired) electrons. The molecule has 0 saturated heterocycles. The first-order valence-corrected chi connectivity index (χ1v) is 11.2. The molecule has 3 aromatic rings. The van der Waals surface area contributed by atoms with Crippen LogP contribution in [0.4, 0.5) is 5.69 Å². The Bertz CT molecular complexity index is 1150. The number of carbonyl (C=O) groups is 1. The van der Waals surface area contributed by atoms with Gasteiger partial charge in [-0.05, 0) is 43.9 Å². The Morgan fingerprint density at radius 1 is 1.03 bits per heavy atom. The summed E-state index contributed by atoms with van der Waals surface area (Å²) in [6, 6.07) is 15.5. The fraction of sp³-hybridized carbons (Fsp3) is 0.400. The third-order valence-corrected chi connectivity index (χ3v) is 6.83. The van der Waals surface area contributed by atoms with Crippen LogP contribution in [-0.4, -0.2) is 22.2 Å². The van der Waals surface area contributed by atoms with E-state index in [1.165, 1.54) is 12.0 Å². The second-order valence-corrected chi connectivity index (χ2v) is 8.83. The van der Waals surface area contributed by atoms with Crippen LogP contribution >= 0.6 is 0 Å². The Balaban J connectivity index is 1.59. The van der Waals surface area contributed by atoms with Crippen LogP contribution in [0.1, 0.15) is 50.6 Å². The Labute approximate surface area is 182 Å². The molecule has 1 aromatic heterocycles. The Kier molecular flexibility index (Phi) is 5.00. The predicted octanol–water partition coefficient (Wildman–Crippen LogP) is 3.31. The van der Waals surface area contributed by atoms with Gasteiger partial charge in [0.05, 0.1) is 0 Å². The lowest BCUT2D eigenvalue weighted by Gasteiger charge is -2.21. The molecule has 1 fully saturated rings. The Hall–Kier alpha value is -3.15. The van der Waals surface area contributed by atoms with E-state index in [9.17, 15) is 15.0 Å². The molecule has 6 heteroatoms. The van der Waals surface area contributed by atoms with Crippen LogP contribution in [0.5, 0.6) is 11.9 Å². The van der Waals surface area contributed by atoms with E-state index in [2.05, 4.69) is 13.0 Å². The fourth-order valence-electron chi connectivity index (χ4n) is 5.35. The van der Waals surface area contributed by atoms with Crippen LogP contribution in [0.15, 0.2) is 48.5 Å². The van der Waals surface area contributed by atoms with E-state index in [-0.39, 0.29) is 36.4 Å². The summed E-state index contributed by atoms with van der Waals surface area (Å²) in [6.45, 7) is 2.07. The van der Waals surface area contributed by atoms with Gasteiger partial charge in [0.25, 0.3) is 5.91 Å². The molecule has 2 aromatic carbocycles. The summed E-state index contributed by atoms with van der Waals surface area (Å²) in [7, 11) is 0. The molecule has 1 aliphatic carbocycles. The number of nitrogens with zero attached hydrogens (tertiary/aromatic N) is 3. The van der Waals surface area contributed by atoms with Crippen molar-refractivity contribution in [1.82, 2.24) is 0 Å². The first kappa shape index (κ1) is 19.8. The van der Waals surface area contributed by atoms with Crippen molar-refractivity contribution in [2.75, 3.05) is 4.90 Å². The van der Waals surface area contributed by atoms with Crippen molar-refractivity contribution >= 4 is 22.5 Å². The molecular formula is C25H29N3O3+2. The third kappa shape index (κ3) is 3.30. The summed E-state index contributed by atoms with van der Waals surface area (Å²) < 4.78 is 3.29. The fourth-order valence-corrected chi connectivity index (χ4v) is 5.35. The SMILES string of the molecule is CC1Cc2ccccc2N1C(=O)C[n+]1c(O)[n+](C2CCCCC2)c(O)c2ccccc21. The van der Waals surface area contributed by atoms with Crippen molar-refractivity contribution in [3.63, 3.8) is 0 Å². The highest BCUT2D eigenvalue weighted by Gasteiger charge is 2.41. The number of hydrogen-bond donors (Lipinski definition) is 2. The molecule has 31 heavy (non-hydrogen) atoms. The molecule has 1 atom stereocenters. The van der Waals surface area contributed by atoms with Gasteiger partial charge in [0.2, 0.25) is 12.1 Å². The van der Waals surface area contributed by atoms with Gasteiger partial charge in [-0.25, -0.2) is 0 Å². The predicted molar refractivity (Wildman–Crippen MR) is 117 cm³/mol. The summed E-state index contributed by atoms with van der Waals surface area (Å²) in [5, 5.41) is 22.9. The smallest absolute Gasteiger partial charge is 0.459 e. The molecule has 2 aliphatic rings. The standard InChI is InChI=1S/C25H27N3O3/c1-17-15-18-9-5-7-13-21(18)27(17)23(29)16-26-22-14-8-6-12-20(22)24(30)28(25(26)31)19-10-3-2-4-11-19/h5-9,12-14,17,19H,2-4,10-11,15-16H2,1H3/p+2. The normalized spacial score (nSPS) is 19.0. The lowest BCUT2D eigenvalue weighted by Crippen LogP contribution is -2.54. The molecule has 1 amide bonds. The number of carbonyl (C=O) groups excluding carboxylic acids is 1. The number of anilines is 1. The molecular weight excluding hydrogens is 390 g/mol. The van der Waals surface area contributed by atoms with E-state index >= 15 is 0 Å². The number of benzene rings is 2. The van der Waals surface area contributed by atoms with Gasteiger partial charge in [-0.2, -0.15) is 0 Å². The maximum atomic E-state index is 13.5. The molecule has 5 rings (SSSR count). The second kappa shape index (κ2) is 7.84. The van der Waals surface area contributed by atoms with Crippen LogP contribution in [-0.2, 0) is 17.8 Å². The van der Waals surface area contributed by atoms with Crippen molar-refractivity contribution < 1.29 is 24.1 Å². The molecule has 1 aliphatic heterocycles. The van der Waals surface area contributed by atoms with Gasteiger partial charge < -0.3 is 15.1 Å². The van der Waals surface area contributed by atoms with Crippen LogP contribution < -0.4 is 14.0 Å². The molecule has 1 saturated carbocycles. The molecule has 0 bridgehead atoms. The second-order valence-electron chi connectivity index (χ2n) is 8.83. The van der Waals surface area contributed by atoms with E-state index in [0.717, 1.165) is 37.8 Å². The third-order valence-electron chi connectivity index (χ3n) is 6.83. The molecule has 2 heterocycles. The van der Waals surface area contributed by atoms with E-state index in [0.29, 0.717) is 10.9 Å². The first-order valence-electron chi connectivity index (χ1n) is 11.2. The van der Waals surface area contributed by atoms with Gasteiger partial charge in [0.15, 0.2) is 11.4 Å². The van der Waals surface area contributed by atoms with E-state index in [4.69, 9.17) is 0 Å². The van der Waals surface area contributed by atoms with Gasteiger partial charge in [0, 0.05) is 30.6 Å². The molecule has 2 N–H and O–H groups in total. The molecule has 1 unspecified atom stereocenters. The molecule has 6 nitrogen and oxygen atoms in total. The minimum atomic E-state index is -0.0659. The zero-order valence-corrected chi connectivity index (χ0v) is 17.9. The lowest BCUT2D eigenvalue weighted by atomic mass is 9.95. The zero-order chi connectivity index (χ0) is 21.5. The zero-order valence-electron chi connectivity index (χ0n) is 17.9. The number of aromatic hydroxyl groups is 2. The topological polar surface area (TPSA) is 68.5 Å². The van der Waals surface area contributed by atoms with Crippen molar-refractivity contribution in [1.29, 1.82) is 0 Å². The van der Waals surface area contributed by atoms with Gasteiger partial charge in [-0.15, -0.1) is 0 Å². The highest BCUT2D eigenvalue weighted by Crippen LogP contribution is 2.33. The molecule has 160 valence electrons. The van der Waals surface area contributed by atoms with Crippen LogP contribution in [0, 0.1) is 0 Å². The number of aromatic nitrogens is 2. The highest BCUT2D eigenvalue weighted by atomic mass is 16.3. The number of fused-ring (bicyclic) bond motifs is 2. The van der Waals surface area contributed by atoms with Crippen LogP contribution in [0.2, 0.25) is 0 Å². The molecule has 0 spiro atoms. The average Bonchev–Trinajstić information content (AvgIpc) is 3.13. The maximum Gasteiger partial charge on any atom is 0.632 e. The number of para-hydroxylation sites is 2. The number of amides is 1. The highest BCUT2D eigenvalue weighted by molar-refractivity contribution is 5.95. The minimum absolute atomic E-state index is 0.0119. The summed E-state index contributed by atoms with van der Waals surface area (Å²) in [6.07, 6.45) is 5.98. The lowest BCUT2D eigenvalue weighted by molar-refractivity contribution is -0.830. The van der Waals surface area contributed by atoms with Crippen LogP contribution in [0.3, 0.4) is 0 Å². The quantitative estimate of drug-likeness (QED) is 0.640. The van der Waals surface area contributed by atoms with E-state index < -0.39 is 0 Å². The maximum absolute atomic E-state index is 13.5. The Morgan fingerprint density at radius 3 is 2.55 bits per heavy atom. The van der Waals surface area contributed by atoms with Crippen LogP contribution in [0.25, 0.3) is 10.9 Å². The minimum Gasteiger partial charge on any atom is -0.459 e. The van der Waals surface area contributed by atoms with Crippen molar-refractivity contribution in [2.45, 2.75) is 64.1 Å². The number of rotatable bonds is 3. The van der Waals surface area contributed by atoms with Gasteiger partial charge >= 0.3 is 11.9 Å². The van der Waals surface area contributed by atoms with Crippen molar-refractivity contribution in [2.24, 2.45) is 0 Å².